The zero-order chi connectivity index (χ0) is 22.1. The van der Waals surface area contributed by atoms with Crippen molar-refractivity contribution in [2.75, 3.05) is 11.4 Å². The van der Waals surface area contributed by atoms with E-state index in [4.69, 9.17) is 16.3 Å². The summed E-state index contributed by atoms with van der Waals surface area (Å²) in [5.74, 6) is -5.92. The second kappa shape index (κ2) is 8.49. The summed E-state index contributed by atoms with van der Waals surface area (Å²) in [6.07, 6.45) is 0. The van der Waals surface area contributed by atoms with Crippen molar-refractivity contribution in [3.63, 3.8) is 0 Å². The lowest BCUT2D eigenvalue weighted by atomic mass is 10.2. The van der Waals surface area contributed by atoms with Gasteiger partial charge in [-0.1, -0.05) is 29.8 Å². The van der Waals surface area contributed by atoms with E-state index >= 15 is 0 Å². The van der Waals surface area contributed by atoms with Crippen molar-refractivity contribution in [1.82, 2.24) is 4.98 Å². The number of pyridine rings is 1. The number of rotatable bonds is 6. The molecule has 0 radical (unpaired) electrons. The maximum atomic E-state index is 14.5. The van der Waals surface area contributed by atoms with Crippen LogP contribution in [0.1, 0.15) is 5.56 Å². The van der Waals surface area contributed by atoms with Crippen LogP contribution >= 0.6 is 11.6 Å². The van der Waals surface area contributed by atoms with Gasteiger partial charge in [-0.15, -0.1) is 0 Å². The highest BCUT2D eigenvalue weighted by molar-refractivity contribution is 7.92. The van der Waals surface area contributed by atoms with E-state index in [2.05, 4.69) is 4.98 Å². The summed E-state index contributed by atoms with van der Waals surface area (Å²) in [4.78, 5) is 2.02. The van der Waals surface area contributed by atoms with Gasteiger partial charge in [-0.05, 0) is 29.8 Å². The molecule has 0 aliphatic rings. The minimum absolute atomic E-state index is 0.156. The van der Waals surface area contributed by atoms with E-state index < -0.39 is 55.7 Å². The number of hydrogen-bond acceptors (Lipinski definition) is 4. The number of halogens is 5. The molecule has 1 aromatic heterocycles. The predicted octanol–water partition coefficient (Wildman–Crippen LogP) is 4.70. The molecule has 1 heterocycles. The molecule has 0 amide bonds. The predicted molar refractivity (Wildman–Crippen MR) is 102 cm³/mol. The third-order valence-electron chi connectivity index (χ3n) is 4.06. The van der Waals surface area contributed by atoms with Gasteiger partial charge in [-0.25, -0.2) is 30.9 Å². The molecule has 158 valence electrons. The summed E-state index contributed by atoms with van der Waals surface area (Å²) in [6.45, 7) is -0.462. The van der Waals surface area contributed by atoms with E-state index in [1.807, 2.05) is 0 Å². The molecule has 5 nitrogen and oxygen atoms in total. The first-order valence-electron chi connectivity index (χ1n) is 8.26. The summed E-state index contributed by atoms with van der Waals surface area (Å²) in [5, 5.41) is -1.19. The minimum Gasteiger partial charge on any atom is -0.497 e. The summed E-state index contributed by atoms with van der Waals surface area (Å²) in [7, 11) is -3.58. The molecule has 30 heavy (non-hydrogen) atoms. The molecule has 3 rings (SSSR count). The molecule has 2 aromatic carbocycles. The van der Waals surface area contributed by atoms with Gasteiger partial charge in [0.1, 0.15) is 28.2 Å². The van der Waals surface area contributed by atoms with Gasteiger partial charge in [0.15, 0.2) is 10.7 Å². The van der Waals surface area contributed by atoms with E-state index in [1.54, 1.807) is 0 Å². The molecule has 0 N–H and O–H groups in total. The number of anilines is 1. The Labute approximate surface area is 174 Å². The third kappa shape index (κ3) is 4.19. The van der Waals surface area contributed by atoms with Crippen molar-refractivity contribution in [3.8, 4) is 5.75 Å². The van der Waals surface area contributed by atoms with Crippen LogP contribution in [0.4, 0.5) is 23.4 Å². The van der Waals surface area contributed by atoms with Crippen LogP contribution < -0.4 is 9.04 Å². The van der Waals surface area contributed by atoms with Crippen LogP contribution in [0.25, 0.3) is 0 Å². The van der Waals surface area contributed by atoms with Crippen LogP contribution in [0.5, 0.6) is 5.75 Å². The lowest BCUT2D eigenvalue weighted by molar-refractivity contribution is 0.414. The maximum absolute atomic E-state index is 14.5. The highest BCUT2D eigenvalue weighted by Gasteiger charge is 2.34. The van der Waals surface area contributed by atoms with Crippen LogP contribution in [-0.2, 0) is 16.6 Å². The summed E-state index contributed by atoms with van der Waals surface area (Å²) in [5.41, 5.74) is 0.375. The van der Waals surface area contributed by atoms with E-state index in [0.29, 0.717) is 15.6 Å². The molecule has 11 heteroatoms. The summed E-state index contributed by atoms with van der Waals surface area (Å²) < 4.78 is 87.8. The Balaban J connectivity index is 2.17. The molecule has 0 unspecified atom stereocenters. The van der Waals surface area contributed by atoms with Crippen molar-refractivity contribution in [2.45, 2.75) is 11.4 Å². The van der Waals surface area contributed by atoms with Gasteiger partial charge in [-0.3, -0.25) is 0 Å². The molecule has 0 aliphatic carbocycles. The zero-order valence-corrected chi connectivity index (χ0v) is 16.8. The van der Waals surface area contributed by atoms with E-state index in [-0.39, 0.29) is 6.07 Å². The van der Waals surface area contributed by atoms with Gasteiger partial charge in [0.25, 0.3) is 10.0 Å². The number of methoxy groups -OCH3 is 1. The van der Waals surface area contributed by atoms with Gasteiger partial charge in [0, 0.05) is 6.07 Å². The van der Waals surface area contributed by atoms with Crippen molar-refractivity contribution in [2.24, 2.45) is 0 Å². The van der Waals surface area contributed by atoms with Crippen LogP contribution in [0, 0.1) is 23.4 Å². The lowest BCUT2D eigenvalue weighted by Crippen LogP contribution is -2.33. The molecule has 0 spiro atoms. The fraction of sp³-hybridized carbons (Fsp3) is 0.105. The first-order chi connectivity index (χ1) is 14.1. The molecule has 0 bridgehead atoms. The van der Waals surface area contributed by atoms with E-state index in [9.17, 15) is 26.0 Å². The summed E-state index contributed by atoms with van der Waals surface area (Å²) in [6, 6.07) is 9.53. The monoisotopic (exact) mass is 460 g/mol. The second-order valence-electron chi connectivity index (χ2n) is 5.98. The van der Waals surface area contributed by atoms with E-state index in [1.165, 1.54) is 37.4 Å². The molecule has 0 atom stereocenters. The van der Waals surface area contributed by atoms with Gasteiger partial charge < -0.3 is 4.74 Å². The zero-order valence-electron chi connectivity index (χ0n) is 15.2. The molecular weight excluding hydrogens is 448 g/mol. The van der Waals surface area contributed by atoms with Gasteiger partial charge >= 0.3 is 0 Å². The summed E-state index contributed by atoms with van der Waals surface area (Å²) >= 11 is 5.44. The quantitative estimate of drug-likeness (QED) is 0.232. The third-order valence-corrected chi connectivity index (χ3v) is 6.19. The van der Waals surface area contributed by atoms with Crippen molar-refractivity contribution < 1.29 is 30.7 Å². The molecule has 0 aliphatic heterocycles. The number of benzene rings is 2. The number of hydrogen-bond donors (Lipinski definition) is 0. The van der Waals surface area contributed by atoms with Crippen molar-refractivity contribution in [1.29, 1.82) is 0 Å². The number of ether oxygens (including phenoxy) is 1. The Bertz CT molecular complexity index is 1190. The lowest BCUT2D eigenvalue weighted by Gasteiger charge is -2.24. The topological polar surface area (TPSA) is 59.5 Å². The fourth-order valence-corrected chi connectivity index (χ4v) is 4.34. The molecule has 0 fully saturated rings. The average molecular weight is 461 g/mol. The Kier molecular flexibility index (Phi) is 6.18. The van der Waals surface area contributed by atoms with Gasteiger partial charge in [0.05, 0.1) is 13.7 Å². The largest absolute Gasteiger partial charge is 0.497 e. The molecule has 0 saturated carbocycles. The van der Waals surface area contributed by atoms with Crippen LogP contribution in [0.2, 0.25) is 5.02 Å². The van der Waals surface area contributed by atoms with E-state index in [0.717, 1.165) is 12.1 Å². The van der Waals surface area contributed by atoms with Crippen LogP contribution in [-0.4, -0.2) is 20.5 Å². The Morgan fingerprint density at radius 2 is 1.70 bits per heavy atom. The van der Waals surface area contributed by atoms with Crippen molar-refractivity contribution in [3.05, 3.63) is 82.5 Å². The highest BCUT2D eigenvalue weighted by Crippen LogP contribution is 2.32. The molecular formula is C19H13ClF4N2O3S. The van der Waals surface area contributed by atoms with Gasteiger partial charge in [-0.2, -0.15) is 4.39 Å². The Morgan fingerprint density at radius 1 is 1.03 bits per heavy atom. The van der Waals surface area contributed by atoms with Crippen LogP contribution in [0.3, 0.4) is 0 Å². The van der Waals surface area contributed by atoms with Crippen LogP contribution in [0.15, 0.2) is 53.4 Å². The van der Waals surface area contributed by atoms with Gasteiger partial charge in [0.2, 0.25) is 5.95 Å². The first-order valence-corrected chi connectivity index (χ1v) is 10.1. The Hall–Kier alpha value is -2.85. The number of nitrogens with zero attached hydrogens (tertiary/aromatic N) is 2. The van der Waals surface area contributed by atoms with Crippen molar-refractivity contribution >= 4 is 27.4 Å². The normalized spacial score (nSPS) is 11.4. The SMILES string of the molecule is COc1ccc(CN(c2cccc(F)n2)S(=O)(=O)c2c(F)cc(F)c(Cl)c2F)cc1. The minimum atomic E-state index is -5.01. The second-order valence-corrected chi connectivity index (χ2v) is 8.15. The molecule has 3 aromatic rings. The maximum Gasteiger partial charge on any atom is 0.271 e. The standard InChI is InChI=1S/C19H13ClF4N2O3S/c1-29-12-7-5-11(6-8-12)10-26(16-4-2-3-15(23)25-16)30(27,28)19-14(22)9-13(21)17(20)18(19)24/h2-9H,10H2,1H3. The first kappa shape index (κ1) is 21.8. The highest BCUT2D eigenvalue weighted by atomic mass is 35.5. The Morgan fingerprint density at radius 3 is 2.30 bits per heavy atom. The number of aromatic nitrogens is 1. The smallest absolute Gasteiger partial charge is 0.271 e. The number of sulfonamides is 1. The fourth-order valence-electron chi connectivity index (χ4n) is 2.62. The molecule has 0 saturated heterocycles. The average Bonchev–Trinajstić information content (AvgIpc) is 2.70.